The van der Waals surface area contributed by atoms with Crippen LogP contribution in [-0.2, 0) is 4.79 Å². The standard InChI is InChI=1S/C15H13FN2O3/c16-11-7-4-8-12(9-11)17-15(21)18-13(14(19)20)10-5-2-1-3-6-10/h1-9,13H,(H,19,20)(H2,17,18,21). The SMILES string of the molecule is O=C(Nc1cccc(F)c1)NC(C(=O)O)c1ccccc1. The molecule has 0 aliphatic carbocycles. The van der Waals surface area contributed by atoms with Gasteiger partial charge in [-0.2, -0.15) is 0 Å². The molecule has 0 aromatic heterocycles. The lowest BCUT2D eigenvalue weighted by molar-refractivity contribution is -0.139. The highest BCUT2D eigenvalue weighted by atomic mass is 19.1. The van der Waals surface area contributed by atoms with Gasteiger partial charge in [0.15, 0.2) is 6.04 Å². The van der Waals surface area contributed by atoms with Crippen LogP contribution < -0.4 is 10.6 Å². The normalized spacial score (nSPS) is 11.5. The van der Waals surface area contributed by atoms with E-state index in [9.17, 15) is 19.1 Å². The number of carboxylic acids is 1. The minimum atomic E-state index is -1.18. The molecule has 21 heavy (non-hydrogen) atoms. The molecule has 0 saturated heterocycles. The van der Waals surface area contributed by atoms with Gasteiger partial charge in [0.25, 0.3) is 0 Å². The second-order valence-electron chi connectivity index (χ2n) is 4.29. The Morgan fingerprint density at radius 3 is 2.38 bits per heavy atom. The van der Waals surface area contributed by atoms with Crippen LogP contribution in [0.4, 0.5) is 14.9 Å². The summed E-state index contributed by atoms with van der Waals surface area (Å²) in [6.07, 6.45) is 0. The van der Waals surface area contributed by atoms with E-state index in [1.165, 1.54) is 18.2 Å². The van der Waals surface area contributed by atoms with Gasteiger partial charge in [-0.05, 0) is 23.8 Å². The highest BCUT2D eigenvalue weighted by Gasteiger charge is 2.21. The molecule has 1 atom stereocenters. The predicted molar refractivity (Wildman–Crippen MR) is 75.4 cm³/mol. The maximum Gasteiger partial charge on any atom is 0.330 e. The first-order valence-electron chi connectivity index (χ1n) is 6.17. The molecule has 0 radical (unpaired) electrons. The molecule has 6 heteroatoms. The van der Waals surface area contributed by atoms with Gasteiger partial charge in [0.05, 0.1) is 0 Å². The molecule has 5 nitrogen and oxygen atoms in total. The van der Waals surface area contributed by atoms with Crippen molar-refractivity contribution >= 4 is 17.7 Å². The Morgan fingerprint density at radius 2 is 1.76 bits per heavy atom. The van der Waals surface area contributed by atoms with E-state index in [2.05, 4.69) is 10.6 Å². The van der Waals surface area contributed by atoms with Gasteiger partial charge in [-0.1, -0.05) is 36.4 Å². The van der Waals surface area contributed by atoms with Crippen molar-refractivity contribution in [1.82, 2.24) is 5.32 Å². The lowest BCUT2D eigenvalue weighted by Gasteiger charge is -2.15. The maximum absolute atomic E-state index is 13.0. The van der Waals surface area contributed by atoms with E-state index in [-0.39, 0.29) is 5.69 Å². The molecular formula is C15H13FN2O3. The first-order valence-corrected chi connectivity index (χ1v) is 6.17. The summed E-state index contributed by atoms with van der Waals surface area (Å²) >= 11 is 0. The molecule has 2 aromatic carbocycles. The Labute approximate surface area is 120 Å². The first-order chi connectivity index (χ1) is 10.1. The van der Waals surface area contributed by atoms with E-state index in [4.69, 9.17) is 0 Å². The number of nitrogens with one attached hydrogen (secondary N) is 2. The van der Waals surface area contributed by atoms with Crippen LogP contribution in [0.15, 0.2) is 54.6 Å². The quantitative estimate of drug-likeness (QED) is 0.809. The van der Waals surface area contributed by atoms with Crippen molar-refractivity contribution in [3.8, 4) is 0 Å². The third kappa shape index (κ3) is 4.04. The van der Waals surface area contributed by atoms with Crippen molar-refractivity contribution in [2.45, 2.75) is 6.04 Å². The topological polar surface area (TPSA) is 78.4 Å². The highest BCUT2D eigenvalue weighted by molar-refractivity contribution is 5.92. The zero-order valence-electron chi connectivity index (χ0n) is 10.9. The zero-order chi connectivity index (χ0) is 15.2. The van der Waals surface area contributed by atoms with E-state index in [0.29, 0.717) is 5.56 Å². The fourth-order valence-corrected chi connectivity index (χ4v) is 1.80. The van der Waals surface area contributed by atoms with Gasteiger partial charge in [-0.3, -0.25) is 0 Å². The highest BCUT2D eigenvalue weighted by Crippen LogP contribution is 2.14. The third-order valence-corrected chi connectivity index (χ3v) is 2.74. The predicted octanol–water partition coefficient (Wildman–Crippen LogP) is 2.77. The van der Waals surface area contributed by atoms with E-state index >= 15 is 0 Å². The number of amides is 2. The molecule has 0 heterocycles. The van der Waals surface area contributed by atoms with Crippen LogP contribution >= 0.6 is 0 Å². The number of hydrogen-bond donors (Lipinski definition) is 3. The Bertz CT molecular complexity index is 646. The number of anilines is 1. The molecule has 2 rings (SSSR count). The van der Waals surface area contributed by atoms with Crippen LogP contribution in [0.2, 0.25) is 0 Å². The molecule has 2 aromatic rings. The molecular weight excluding hydrogens is 275 g/mol. The smallest absolute Gasteiger partial charge is 0.330 e. The number of halogens is 1. The molecule has 1 unspecified atom stereocenters. The lowest BCUT2D eigenvalue weighted by atomic mass is 10.1. The summed E-state index contributed by atoms with van der Waals surface area (Å²) in [6.45, 7) is 0. The van der Waals surface area contributed by atoms with Crippen LogP contribution in [-0.4, -0.2) is 17.1 Å². The second kappa shape index (κ2) is 6.51. The number of hydrogen-bond acceptors (Lipinski definition) is 2. The Balaban J connectivity index is 2.07. The molecule has 0 aliphatic heterocycles. The van der Waals surface area contributed by atoms with Crippen molar-refractivity contribution in [1.29, 1.82) is 0 Å². The van der Waals surface area contributed by atoms with Crippen LogP contribution in [0.25, 0.3) is 0 Å². The summed E-state index contributed by atoms with van der Waals surface area (Å²) in [7, 11) is 0. The molecule has 3 N–H and O–H groups in total. The largest absolute Gasteiger partial charge is 0.479 e. The van der Waals surface area contributed by atoms with Crippen molar-refractivity contribution in [2.24, 2.45) is 0 Å². The zero-order valence-corrected chi connectivity index (χ0v) is 10.9. The first kappa shape index (κ1) is 14.5. The van der Waals surface area contributed by atoms with Crippen molar-refractivity contribution in [3.05, 3.63) is 66.0 Å². The Morgan fingerprint density at radius 1 is 1.05 bits per heavy atom. The number of carbonyl (C=O) groups excluding carboxylic acids is 1. The number of aliphatic carboxylic acids is 1. The third-order valence-electron chi connectivity index (χ3n) is 2.74. The van der Waals surface area contributed by atoms with Gasteiger partial charge in [-0.25, -0.2) is 14.0 Å². The van der Waals surface area contributed by atoms with E-state index in [0.717, 1.165) is 6.07 Å². The monoisotopic (exact) mass is 288 g/mol. The average molecular weight is 288 g/mol. The van der Waals surface area contributed by atoms with Crippen molar-refractivity contribution in [3.63, 3.8) is 0 Å². The Hall–Kier alpha value is -2.89. The molecule has 0 saturated carbocycles. The Kier molecular flexibility index (Phi) is 4.50. The second-order valence-corrected chi connectivity index (χ2v) is 4.29. The van der Waals surface area contributed by atoms with Gasteiger partial charge < -0.3 is 15.7 Å². The number of urea groups is 1. The van der Waals surface area contributed by atoms with Crippen LogP contribution in [0.3, 0.4) is 0 Å². The fourth-order valence-electron chi connectivity index (χ4n) is 1.80. The summed E-state index contributed by atoms with van der Waals surface area (Å²) in [5, 5.41) is 13.9. The number of carboxylic acid groups (broad SMARTS) is 1. The molecule has 0 fully saturated rings. The van der Waals surface area contributed by atoms with Crippen molar-refractivity contribution < 1.29 is 19.1 Å². The van der Waals surface area contributed by atoms with E-state index < -0.39 is 23.9 Å². The summed E-state index contributed by atoms with van der Waals surface area (Å²) < 4.78 is 13.0. The van der Waals surface area contributed by atoms with Crippen LogP contribution in [0, 0.1) is 5.82 Å². The summed E-state index contributed by atoms with van der Waals surface area (Å²) in [6, 6.07) is 11.7. The minimum Gasteiger partial charge on any atom is -0.479 e. The molecule has 0 bridgehead atoms. The van der Waals surface area contributed by atoms with Crippen LogP contribution in [0.1, 0.15) is 11.6 Å². The summed E-state index contributed by atoms with van der Waals surface area (Å²) in [4.78, 5) is 23.0. The maximum atomic E-state index is 13.0. The molecule has 0 spiro atoms. The summed E-state index contributed by atoms with van der Waals surface area (Å²) in [5.74, 6) is -1.68. The lowest BCUT2D eigenvalue weighted by Crippen LogP contribution is -2.36. The molecule has 2 amide bonds. The van der Waals surface area contributed by atoms with E-state index in [1.54, 1.807) is 30.3 Å². The number of rotatable bonds is 4. The van der Waals surface area contributed by atoms with Gasteiger partial charge in [0, 0.05) is 5.69 Å². The minimum absolute atomic E-state index is 0.240. The van der Waals surface area contributed by atoms with E-state index in [1.807, 2.05) is 0 Å². The number of benzene rings is 2. The van der Waals surface area contributed by atoms with Gasteiger partial charge in [0.2, 0.25) is 0 Å². The fraction of sp³-hybridized carbons (Fsp3) is 0.0667. The number of carbonyl (C=O) groups is 2. The van der Waals surface area contributed by atoms with Crippen LogP contribution in [0.5, 0.6) is 0 Å². The van der Waals surface area contributed by atoms with Gasteiger partial charge in [0.1, 0.15) is 5.82 Å². The van der Waals surface area contributed by atoms with Gasteiger partial charge in [-0.15, -0.1) is 0 Å². The molecule has 108 valence electrons. The average Bonchev–Trinajstić information content (AvgIpc) is 2.45. The van der Waals surface area contributed by atoms with Gasteiger partial charge >= 0.3 is 12.0 Å². The van der Waals surface area contributed by atoms with Crippen molar-refractivity contribution in [2.75, 3.05) is 5.32 Å². The summed E-state index contributed by atoms with van der Waals surface area (Å²) in [5.41, 5.74) is 0.684. The molecule has 0 aliphatic rings.